The van der Waals surface area contributed by atoms with Crippen molar-refractivity contribution in [3.05, 3.63) is 46.5 Å². The van der Waals surface area contributed by atoms with Gasteiger partial charge in [0.15, 0.2) is 0 Å². The first kappa shape index (κ1) is 22.3. The number of aromatic nitrogens is 1. The number of nitrogens with one attached hydrogen (secondary N) is 3. The second-order valence-corrected chi connectivity index (χ2v) is 7.81. The number of aryl methyl sites for hydroxylation is 1. The zero-order valence-electron chi connectivity index (χ0n) is 15.5. The van der Waals surface area contributed by atoms with Gasteiger partial charge >= 0.3 is 6.18 Å². The van der Waals surface area contributed by atoms with E-state index in [0.717, 1.165) is 6.07 Å². The van der Waals surface area contributed by atoms with Crippen LogP contribution in [0.25, 0.3) is 0 Å². The third kappa shape index (κ3) is 4.21. The minimum absolute atomic E-state index is 0.00147. The highest BCUT2D eigenvalue weighted by Crippen LogP contribution is 2.46. The van der Waals surface area contributed by atoms with E-state index >= 15 is 0 Å². The van der Waals surface area contributed by atoms with Crippen molar-refractivity contribution < 1.29 is 22.4 Å². The van der Waals surface area contributed by atoms with Crippen molar-refractivity contribution in [3.8, 4) is 6.07 Å². The molecule has 6 nitrogen and oxygen atoms in total. The molecule has 0 bridgehead atoms. The molecule has 1 aromatic heterocycles. The van der Waals surface area contributed by atoms with E-state index in [4.69, 9.17) is 16.9 Å². The van der Waals surface area contributed by atoms with Gasteiger partial charge in [-0.15, -0.1) is 0 Å². The van der Waals surface area contributed by atoms with E-state index in [2.05, 4.69) is 14.8 Å². The molecule has 1 aliphatic rings. The quantitative estimate of drug-likeness (QED) is 0.417. The average molecular weight is 462 g/mol. The summed E-state index contributed by atoms with van der Waals surface area (Å²) < 4.78 is 59.5. The number of amides is 1. The highest BCUT2D eigenvalue weighted by Gasteiger charge is 2.58. The molecule has 3 N–H and O–H groups in total. The number of nitrogens with zero attached hydrogens (tertiary/aromatic N) is 2. The number of benzene rings is 1. The van der Waals surface area contributed by atoms with Gasteiger partial charge in [0.2, 0.25) is 0 Å². The topological polar surface area (TPSA) is 81.9 Å². The van der Waals surface area contributed by atoms with E-state index in [1.54, 1.807) is 13.1 Å². The first-order valence-electron chi connectivity index (χ1n) is 8.69. The molecule has 1 heterocycles. The largest absolute Gasteiger partial charge is 0.407 e. The Morgan fingerprint density at radius 1 is 1.37 bits per heavy atom. The lowest BCUT2D eigenvalue weighted by Gasteiger charge is -2.43. The molecule has 3 rings (SSSR count). The standard InChI is InChI=1S/C18H16ClF4N5OS/c1-28-9-13(26-30-27-17(5-2-6-17)18(21,22)23)14(19)15(28)16(29)25-11-3-4-12(20)10(7-11)8-24/h3-4,7,9,26-27H,2,5-6H2,1H3,(H,25,29). The van der Waals surface area contributed by atoms with Crippen LogP contribution < -0.4 is 14.8 Å². The van der Waals surface area contributed by atoms with Crippen molar-refractivity contribution >= 4 is 41.0 Å². The zero-order chi connectivity index (χ0) is 22.1. The summed E-state index contributed by atoms with van der Waals surface area (Å²) in [6.07, 6.45) is -2.45. The maximum Gasteiger partial charge on any atom is 0.407 e. The second-order valence-electron chi connectivity index (χ2n) is 6.82. The minimum atomic E-state index is -4.37. The van der Waals surface area contributed by atoms with E-state index in [1.807, 2.05) is 0 Å². The van der Waals surface area contributed by atoms with Crippen LogP contribution in [-0.4, -0.2) is 22.2 Å². The second kappa shape index (κ2) is 8.37. The molecular formula is C18H16ClF4N5OS. The third-order valence-corrected chi connectivity index (χ3v) is 6.03. The summed E-state index contributed by atoms with van der Waals surface area (Å²) in [4.78, 5) is 12.6. The lowest BCUT2D eigenvalue weighted by atomic mass is 9.77. The van der Waals surface area contributed by atoms with Crippen molar-refractivity contribution in [2.45, 2.75) is 31.0 Å². The van der Waals surface area contributed by atoms with Gasteiger partial charge in [0.1, 0.15) is 23.1 Å². The highest BCUT2D eigenvalue weighted by molar-refractivity contribution is 7.98. The van der Waals surface area contributed by atoms with Crippen LogP contribution in [0.3, 0.4) is 0 Å². The number of carbonyl (C=O) groups is 1. The molecular weight excluding hydrogens is 446 g/mol. The Kier molecular flexibility index (Phi) is 6.21. The first-order valence-corrected chi connectivity index (χ1v) is 9.89. The van der Waals surface area contributed by atoms with Crippen molar-refractivity contribution in [2.75, 3.05) is 10.0 Å². The van der Waals surface area contributed by atoms with Crippen molar-refractivity contribution in [1.82, 2.24) is 9.29 Å². The maximum atomic E-state index is 13.4. The zero-order valence-corrected chi connectivity index (χ0v) is 17.1. The Labute approximate surface area is 178 Å². The number of halogens is 5. The number of alkyl halides is 3. The summed E-state index contributed by atoms with van der Waals surface area (Å²) in [5, 5.41) is 11.4. The van der Waals surface area contributed by atoms with E-state index in [9.17, 15) is 22.4 Å². The number of hydrogen-bond acceptors (Lipinski definition) is 5. The van der Waals surface area contributed by atoms with Crippen LogP contribution in [0.1, 0.15) is 35.3 Å². The molecule has 30 heavy (non-hydrogen) atoms. The van der Waals surface area contributed by atoms with Crippen LogP contribution in [0, 0.1) is 17.1 Å². The summed E-state index contributed by atoms with van der Waals surface area (Å²) in [5.74, 6) is -1.35. The van der Waals surface area contributed by atoms with E-state index in [-0.39, 0.29) is 40.5 Å². The van der Waals surface area contributed by atoms with Crippen LogP contribution >= 0.6 is 23.7 Å². The Balaban J connectivity index is 1.69. The molecule has 2 aromatic rings. The molecule has 1 saturated carbocycles. The number of anilines is 2. The third-order valence-electron chi connectivity index (χ3n) is 4.84. The molecule has 1 amide bonds. The van der Waals surface area contributed by atoms with Gasteiger partial charge in [-0.05, 0) is 37.5 Å². The van der Waals surface area contributed by atoms with Gasteiger partial charge in [0.05, 0.1) is 16.3 Å². The minimum Gasteiger partial charge on any atom is -0.343 e. The fourth-order valence-corrected chi connectivity index (χ4v) is 4.16. The Hall–Kier alpha value is -2.42. The van der Waals surface area contributed by atoms with Gasteiger partial charge in [-0.2, -0.15) is 18.4 Å². The van der Waals surface area contributed by atoms with Crippen molar-refractivity contribution in [3.63, 3.8) is 0 Å². The Bertz CT molecular complexity index is 1010. The van der Waals surface area contributed by atoms with Crippen LogP contribution in [0.5, 0.6) is 0 Å². The molecule has 0 radical (unpaired) electrons. The molecule has 1 fully saturated rings. The van der Waals surface area contributed by atoms with Crippen molar-refractivity contribution in [2.24, 2.45) is 7.05 Å². The highest BCUT2D eigenvalue weighted by atomic mass is 35.5. The molecule has 1 aliphatic carbocycles. The molecule has 1 aromatic carbocycles. The first-order chi connectivity index (χ1) is 14.1. The molecule has 160 valence electrons. The Morgan fingerprint density at radius 2 is 2.07 bits per heavy atom. The van der Waals surface area contributed by atoms with Gasteiger partial charge in [0.25, 0.3) is 5.91 Å². The lowest BCUT2D eigenvalue weighted by molar-refractivity contribution is -0.211. The summed E-state index contributed by atoms with van der Waals surface area (Å²) in [7, 11) is 1.54. The maximum absolute atomic E-state index is 13.4. The molecule has 0 atom stereocenters. The van der Waals surface area contributed by atoms with Gasteiger partial charge < -0.3 is 14.6 Å². The average Bonchev–Trinajstić information content (AvgIpc) is 2.91. The molecule has 0 spiro atoms. The van der Waals surface area contributed by atoms with Gasteiger partial charge in [-0.25, -0.2) is 9.11 Å². The normalized spacial score (nSPS) is 15.2. The number of nitriles is 1. The summed E-state index contributed by atoms with van der Waals surface area (Å²) >= 11 is 6.89. The van der Waals surface area contributed by atoms with Crippen LogP contribution in [0.4, 0.5) is 28.9 Å². The van der Waals surface area contributed by atoms with Crippen LogP contribution in [0.2, 0.25) is 5.02 Å². The monoisotopic (exact) mass is 461 g/mol. The predicted molar refractivity (Wildman–Crippen MR) is 106 cm³/mol. The fourth-order valence-electron chi connectivity index (χ4n) is 2.96. The summed E-state index contributed by atoms with van der Waals surface area (Å²) in [6.45, 7) is 0. The van der Waals surface area contributed by atoms with E-state index in [0.29, 0.717) is 18.6 Å². The van der Waals surface area contributed by atoms with Crippen molar-refractivity contribution in [1.29, 1.82) is 5.26 Å². The van der Waals surface area contributed by atoms with E-state index in [1.165, 1.54) is 22.9 Å². The van der Waals surface area contributed by atoms with Gasteiger partial charge in [-0.3, -0.25) is 4.79 Å². The SMILES string of the molecule is Cn1cc(NSNC2(C(F)(F)F)CCC2)c(Cl)c1C(=O)Nc1ccc(F)c(C#N)c1. The summed E-state index contributed by atoms with van der Waals surface area (Å²) in [6, 6.07) is 5.19. The smallest absolute Gasteiger partial charge is 0.343 e. The lowest BCUT2D eigenvalue weighted by Crippen LogP contribution is -2.59. The van der Waals surface area contributed by atoms with Crippen LogP contribution in [0.15, 0.2) is 24.4 Å². The molecule has 12 heteroatoms. The predicted octanol–water partition coefficient (Wildman–Crippen LogP) is 4.99. The van der Waals surface area contributed by atoms with Gasteiger partial charge in [-0.1, -0.05) is 11.6 Å². The number of rotatable bonds is 6. The fraction of sp³-hybridized carbons (Fsp3) is 0.333. The van der Waals surface area contributed by atoms with E-state index < -0.39 is 23.4 Å². The number of hydrogen-bond donors (Lipinski definition) is 3. The Morgan fingerprint density at radius 3 is 2.63 bits per heavy atom. The number of carbonyl (C=O) groups excluding carboxylic acids is 1. The molecule has 0 aliphatic heterocycles. The molecule has 0 unspecified atom stereocenters. The molecule has 0 saturated heterocycles. The summed E-state index contributed by atoms with van der Waals surface area (Å²) in [5.41, 5.74) is -1.69. The van der Waals surface area contributed by atoms with Crippen LogP contribution in [-0.2, 0) is 7.05 Å². The van der Waals surface area contributed by atoms with Gasteiger partial charge in [0, 0.05) is 31.1 Å².